The Hall–Kier alpha value is -2.68. The van der Waals surface area contributed by atoms with Crippen molar-refractivity contribution in [3.05, 3.63) is 71.8 Å². The third-order valence-corrected chi connectivity index (χ3v) is 5.21. The van der Waals surface area contributed by atoms with Crippen LogP contribution in [0, 0.1) is 0 Å². The van der Waals surface area contributed by atoms with Crippen molar-refractivity contribution in [2.24, 2.45) is 0 Å². The lowest BCUT2D eigenvalue weighted by molar-refractivity contribution is 0.0827. The summed E-state index contributed by atoms with van der Waals surface area (Å²) in [5.41, 5.74) is 1.20. The molecule has 0 fully saturated rings. The first-order valence-corrected chi connectivity index (χ1v) is 10.2. The Morgan fingerprint density at radius 3 is 1.87 bits per heavy atom. The van der Waals surface area contributed by atoms with Gasteiger partial charge in [0.05, 0.1) is 0 Å². The van der Waals surface area contributed by atoms with Crippen LogP contribution in [0.3, 0.4) is 0 Å². The second-order valence-corrected chi connectivity index (χ2v) is 8.50. The SMILES string of the molecule is C=C(CN(C)C)C(=O)c1ccc(OS(=O)(=O)c2ccc(C(=O)N(C)C)cc2)cc1.Cl. The average molecular weight is 453 g/mol. The summed E-state index contributed by atoms with van der Waals surface area (Å²) in [6.45, 7) is 4.21. The molecule has 162 valence electrons. The Balaban J connectivity index is 0.00000450. The fraction of sp³-hybridized carbons (Fsp3) is 0.238. The molecular formula is C21H25ClN2O5S. The second-order valence-electron chi connectivity index (χ2n) is 6.96. The average Bonchev–Trinajstić information content (AvgIpc) is 2.66. The van der Waals surface area contributed by atoms with E-state index in [1.54, 1.807) is 14.1 Å². The molecule has 0 aliphatic rings. The van der Waals surface area contributed by atoms with E-state index in [-0.39, 0.29) is 34.7 Å². The summed E-state index contributed by atoms with van der Waals surface area (Å²) in [7, 11) is 2.82. The van der Waals surface area contributed by atoms with Gasteiger partial charge in [0.2, 0.25) is 0 Å². The van der Waals surface area contributed by atoms with Crippen LogP contribution in [0.15, 0.2) is 65.6 Å². The van der Waals surface area contributed by atoms with Gasteiger partial charge in [-0.3, -0.25) is 9.59 Å². The normalized spacial score (nSPS) is 10.8. The lowest BCUT2D eigenvalue weighted by Gasteiger charge is -2.12. The van der Waals surface area contributed by atoms with E-state index in [2.05, 4.69) is 6.58 Å². The molecule has 0 unspecified atom stereocenters. The molecular weight excluding hydrogens is 428 g/mol. The quantitative estimate of drug-likeness (QED) is 0.348. The Morgan fingerprint density at radius 2 is 1.40 bits per heavy atom. The van der Waals surface area contributed by atoms with E-state index >= 15 is 0 Å². The number of ketones is 1. The summed E-state index contributed by atoms with van der Waals surface area (Å²) in [4.78, 5) is 27.4. The molecule has 1 amide bonds. The Morgan fingerprint density at radius 1 is 0.900 bits per heavy atom. The summed E-state index contributed by atoms with van der Waals surface area (Å²) in [6.07, 6.45) is 0. The largest absolute Gasteiger partial charge is 0.379 e. The predicted octanol–water partition coefficient (Wildman–Crippen LogP) is 2.88. The minimum absolute atomic E-state index is 0. The molecule has 30 heavy (non-hydrogen) atoms. The van der Waals surface area contributed by atoms with E-state index in [4.69, 9.17) is 4.18 Å². The molecule has 0 spiro atoms. The number of hydrogen-bond acceptors (Lipinski definition) is 6. The maximum absolute atomic E-state index is 12.5. The van der Waals surface area contributed by atoms with Gasteiger partial charge in [-0.25, -0.2) is 0 Å². The monoisotopic (exact) mass is 452 g/mol. The number of amides is 1. The van der Waals surface area contributed by atoms with E-state index in [1.807, 2.05) is 19.0 Å². The van der Waals surface area contributed by atoms with Crippen LogP contribution in [-0.4, -0.2) is 64.6 Å². The zero-order chi connectivity index (χ0) is 21.8. The Kier molecular flexibility index (Phi) is 8.77. The molecule has 2 aromatic carbocycles. The molecule has 2 aromatic rings. The Bertz CT molecular complexity index is 1010. The molecule has 2 rings (SSSR count). The minimum Gasteiger partial charge on any atom is -0.379 e. The maximum atomic E-state index is 12.5. The van der Waals surface area contributed by atoms with Crippen molar-refractivity contribution in [3.8, 4) is 5.75 Å². The number of rotatable bonds is 8. The molecule has 0 N–H and O–H groups in total. The highest BCUT2D eigenvalue weighted by Crippen LogP contribution is 2.21. The molecule has 7 nitrogen and oxygen atoms in total. The van der Waals surface area contributed by atoms with Crippen LogP contribution in [0.5, 0.6) is 5.75 Å². The number of carbonyl (C=O) groups is 2. The fourth-order valence-electron chi connectivity index (χ4n) is 2.52. The number of hydrogen-bond donors (Lipinski definition) is 0. The van der Waals surface area contributed by atoms with Crippen molar-refractivity contribution < 1.29 is 22.2 Å². The van der Waals surface area contributed by atoms with Gasteiger partial charge in [-0.1, -0.05) is 6.58 Å². The lowest BCUT2D eigenvalue weighted by Crippen LogP contribution is -2.21. The molecule has 9 heteroatoms. The highest BCUT2D eigenvalue weighted by Gasteiger charge is 2.18. The van der Waals surface area contributed by atoms with Gasteiger partial charge in [0.15, 0.2) is 5.78 Å². The van der Waals surface area contributed by atoms with Crippen molar-refractivity contribution in [1.29, 1.82) is 0 Å². The van der Waals surface area contributed by atoms with Crippen LogP contribution in [0.1, 0.15) is 20.7 Å². The third-order valence-electron chi connectivity index (χ3n) is 3.95. The molecule has 0 aromatic heterocycles. The van der Waals surface area contributed by atoms with Crippen LogP contribution in [0.4, 0.5) is 0 Å². The van der Waals surface area contributed by atoms with Gasteiger partial charge >= 0.3 is 10.1 Å². The van der Waals surface area contributed by atoms with Gasteiger partial charge in [-0.05, 0) is 62.6 Å². The lowest BCUT2D eigenvalue weighted by atomic mass is 10.0. The summed E-state index contributed by atoms with van der Waals surface area (Å²) in [6, 6.07) is 11.3. The molecule has 0 aliphatic heterocycles. The van der Waals surface area contributed by atoms with E-state index < -0.39 is 10.1 Å². The number of halogens is 1. The van der Waals surface area contributed by atoms with Crippen LogP contribution in [0.25, 0.3) is 0 Å². The molecule has 0 heterocycles. The minimum atomic E-state index is -4.08. The molecule has 0 saturated heterocycles. The van der Waals surface area contributed by atoms with Gasteiger partial charge in [-0.2, -0.15) is 8.42 Å². The first-order valence-electron chi connectivity index (χ1n) is 8.75. The van der Waals surface area contributed by atoms with Gasteiger partial charge < -0.3 is 14.0 Å². The highest BCUT2D eigenvalue weighted by molar-refractivity contribution is 7.87. The fourth-order valence-corrected chi connectivity index (χ4v) is 3.45. The van der Waals surface area contributed by atoms with Crippen LogP contribution < -0.4 is 4.18 Å². The number of carbonyl (C=O) groups excluding carboxylic acids is 2. The van der Waals surface area contributed by atoms with E-state index in [1.165, 1.54) is 53.4 Å². The number of likely N-dealkylation sites (N-methyl/N-ethyl adjacent to an activating group) is 1. The van der Waals surface area contributed by atoms with E-state index in [0.29, 0.717) is 23.2 Å². The summed E-state index contributed by atoms with van der Waals surface area (Å²) in [5.74, 6) is -0.367. The molecule has 0 radical (unpaired) electrons. The Labute approximate surface area is 183 Å². The van der Waals surface area contributed by atoms with Crippen LogP contribution in [0.2, 0.25) is 0 Å². The number of benzene rings is 2. The smallest absolute Gasteiger partial charge is 0.339 e. The van der Waals surface area contributed by atoms with Crippen molar-refractivity contribution >= 4 is 34.2 Å². The first kappa shape index (κ1) is 25.4. The molecule has 0 atom stereocenters. The summed E-state index contributed by atoms with van der Waals surface area (Å²) >= 11 is 0. The zero-order valence-electron chi connectivity index (χ0n) is 17.3. The third kappa shape index (κ3) is 6.41. The predicted molar refractivity (Wildman–Crippen MR) is 118 cm³/mol. The zero-order valence-corrected chi connectivity index (χ0v) is 18.9. The molecule has 0 bridgehead atoms. The van der Waals surface area contributed by atoms with Crippen molar-refractivity contribution in [1.82, 2.24) is 9.80 Å². The summed E-state index contributed by atoms with van der Waals surface area (Å²) < 4.78 is 30.1. The number of Topliss-reactive ketones (excluding diaryl/α,β-unsaturated/α-hetero) is 1. The van der Waals surface area contributed by atoms with E-state index in [9.17, 15) is 18.0 Å². The summed E-state index contributed by atoms with van der Waals surface area (Å²) in [5, 5.41) is 0. The van der Waals surface area contributed by atoms with Gasteiger partial charge in [0, 0.05) is 37.3 Å². The number of nitrogens with zero attached hydrogens (tertiary/aromatic N) is 2. The van der Waals surface area contributed by atoms with Crippen LogP contribution >= 0.6 is 12.4 Å². The van der Waals surface area contributed by atoms with Crippen molar-refractivity contribution in [3.63, 3.8) is 0 Å². The van der Waals surface area contributed by atoms with Crippen molar-refractivity contribution in [2.45, 2.75) is 4.90 Å². The molecule has 0 aliphatic carbocycles. The van der Waals surface area contributed by atoms with Gasteiger partial charge in [-0.15, -0.1) is 12.4 Å². The highest BCUT2D eigenvalue weighted by atomic mass is 35.5. The topological polar surface area (TPSA) is 84.0 Å². The van der Waals surface area contributed by atoms with Gasteiger partial charge in [0.1, 0.15) is 10.6 Å². The van der Waals surface area contributed by atoms with E-state index in [0.717, 1.165) is 0 Å². The first-order chi connectivity index (χ1) is 13.5. The maximum Gasteiger partial charge on any atom is 0.339 e. The molecule has 0 saturated carbocycles. The standard InChI is InChI=1S/C21H24N2O5S.ClH/c1-15(14-22(2)3)20(24)16-6-10-18(11-7-16)28-29(26,27)19-12-8-17(9-13-19)21(25)23(4)5;/h6-13H,1,14H2,2-5H3;1H. The van der Waals surface area contributed by atoms with Crippen LogP contribution in [-0.2, 0) is 10.1 Å². The van der Waals surface area contributed by atoms with Crippen molar-refractivity contribution in [2.75, 3.05) is 34.7 Å². The second kappa shape index (κ2) is 10.4. The van der Waals surface area contributed by atoms with Gasteiger partial charge in [0.25, 0.3) is 5.91 Å².